The van der Waals surface area contributed by atoms with E-state index in [0.29, 0.717) is 18.0 Å². The number of hydrogen-bond donors (Lipinski definition) is 2. The molecule has 0 heterocycles. The first-order valence-electron chi connectivity index (χ1n) is 7.71. The van der Waals surface area contributed by atoms with Gasteiger partial charge in [0.15, 0.2) is 0 Å². The van der Waals surface area contributed by atoms with E-state index in [4.69, 9.17) is 5.14 Å². The van der Waals surface area contributed by atoms with Crippen LogP contribution in [0.25, 0.3) is 0 Å². The highest BCUT2D eigenvalue weighted by molar-refractivity contribution is 7.89. The van der Waals surface area contributed by atoms with Crippen LogP contribution in [0, 0.1) is 19.8 Å². The fourth-order valence-corrected chi connectivity index (χ4v) is 3.59. The predicted octanol–water partition coefficient (Wildman–Crippen LogP) is 2.86. The van der Waals surface area contributed by atoms with Crippen molar-refractivity contribution in [1.82, 2.24) is 0 Å². The summed E-state index contributed by atoms with van der Waals surface area (Å²) in [5.74, 6) is 0.588. The van der Waals surface area contributed by atoms with Crippen LogP contribution in [-0.2, 0) is 14.8 Å². The number of carbonyl (C=O) groups excluding carboxylic acids is 1. The Labute approximate surface area is 132 Å². The Bertz CT molecular complexity index is 662. The molecular weight excluding hydrogens is 300 g/mol. The predicted molar refractivity (Wildman–Crippen MR) is 87.1 cm³/mol. The van der Waals surface area contributed by atoms with Gasteiger partial charge in [0, 0.05) is 12.1 Å². The molecule has 1 aliphatic carbocycles. The molecule has 1 fully saturated rings. The molecule has 0 radical (unpaired) electrons. The molecule has 1 amide bonds. The molecule has 122 valence electrons. The summed E-state index contributed by atoms with van der Waals surface area (Å²) in [7, 11) is -3.78. The van der Waals surface area contributed by atoms with Gasteiger partial charge in [0.25, 0.3) is 0 Å². The summed E-state index contributed by atoms with van der Waals surface area (Å²) in [4.78, 5) is 12.1. The molecule has 6 heteroatoms. The van der Waals surface area contributed by atoms with Crippen LogP contribution in [0.15, 0.2) is 17.0 Å². The Hall–Kier alpha value is -1.40. The largest absolute Gasteiger partial charge is 0.326 e. The number of amides is 1. The van der Waals surface area contributed by atoms with Gasteiger partial charge in [-0.3, -0.25) is 4.79 Å². The number of rotatable bonds is 5. The van der Waals surface area contributed by atoms with Crippen molar-refractivity contribution in [2.45, 2.75) is 57.3 Å². The Kier molecular flexibility index (Phi) is 5.24. The SMILES string of the molecule is Cc1cc(S(N)(=O)=O)cc(NC(=O)CCC2CCCC2)c1C. The van der Waals surface area contributed by atoms with E-state index in [2.05, 4.69) is 5.32 Å². The van der Waals surface area contributed by atoms with Gasteiger partial charge >= 0.3 is 0 Å². The molecule has 22 heavy (non-hydrogen) atoms. The van der Waals surface area contributed by atoms with Crippen molar-refractivity contribution in [1.29, 1.82) is 0 Å². The smallest absolute Gasteiger partial charge is 0.238 e. The maximum Gasteiger partial charge on any atom is 0.238 e. The van der Waals surface area contributed by atoms with Gasteiger partial charge in [-0.1, -0.05) is 25.7 Å². The molecule has 2 rings (SSSR count). The molecule has 1 saturated carbocycles. The van der Waals surface area contributed by atoms with Crippen LogP contribution in [0.5, 0.6) is 0 Å². The Morgan fingerprint density at radius 1 is 1.27 bits per heavy atom. The van der Waals surface area contributed by atoms with E-state index in [0.717, 1.165) is 17.5 Å². The molecule has 0 atom stereocenters. The molecule has 5 nitrogen and oxygen atoms in total. The first kappa shape index (κ1) is 17.0. The van der Waals surface area contributed by atoms with E-state index in [1.165, 1.54) is 37.8 Å². The highest BCUT2D eigenvalue weighted by Crippen LogP contribution is 2.29. The van der Waals surface area contributed by atoms with Crippen LogP contribution in [0.3, 0.4) is 0 Å². The Morgan fingerprint density at radius 3 is 2.50 bits per heavy atom. The zero-order valence-corrected chi connectivity index (χ0v) is 14.0. The van der Waals surface area contributed by atoms with Crippen molar-refractivity contribution >= 4 is 21.6 Å². The number of hydrogen-bond acceptors (Lipinski definition) is 3. The second kappa shape index (κ2) is 6.79. The summed E-state index contributed by atoms with van der Waals surface area (Å²) in [5.41, 5.74) is 2.18. The highest BCUT2D eigenvalue weighted by Gasteiger charge is 2.17. The zero-order chi connectivity index (χ0) is 16.3. The first-order chi connectivity index (χ1) is 10.3. The molecule has 0 unspecified atom stereocenters. The number of sulfonamides is 1. The normalized spacial score (nSPS) is 16.0. The van der Waals surface area contributed by atoms with E-state index in [1.807, 2.05) is 6.92 Å². The topological polar surface area (TPSA) is 89.3 Å². The molecule has 0 spiro atoms. The standard InChI is InChI=1S/C16H24N2O3S/c1-11-9-14(22(17,20)21)10-15(12(11)2)18-16(19)8-7-13-5-3-4-6-13/h9-10,13H,3-8H2,1-2H3,(H,18,19)(H2,17,20,21). The third-order valence-electron chi connectivity index (χ3n) is 4.50. The van der Waals surface area contributed by atoms with E-state index >= 15 is 0 Å². The molecule has 1 aliphatic rings. The van der Waals surface area contributed by atoms with E-state index in [9.17, 15) is 13.2 Å². The van der Waals surface area contributed by atoms with Crippen LogP contribution in [0.4, 0.5) is 5.69 Å². The van der Waals surface area contributed by atoms with Gasteiger partial charge < -0.3 is 5.32 Å². The van der Waals surface area contributed by atoms with Crippen molar-refractivity contribution in [3.8, 4) is 0 Å². The van der Waals surface area contributed by atoms with Gasteiger partial charge in [0.1, 0.15) is 0 Å². The average molecular weight is 324 g/mol. The maximum atomic E-state index is 12.1. The minimum atomic E-state index is -3.78. The lowest BCUT2D eigenvalue weighted by Crippen LogP contribution is -2.16. The van der Waals surface area contributed by atoms with Crippen molar-refractivity contribution in [3.05, 3.63) is 23.3 Å². The lowest BCUT2D eigenvalue weighted by Gasteiger charge is -2.13. The number of carbonyl (C=O) groups is 1. The summed E-state index contributed by atoms with van der Waals surface area (Å²) >= 11 is 0. The monoisotopic (exact) mass is 324 g/mol. The van der Waals surface area contributed by atoms with Crippen molar-refractivity contribution in [2.75, 3.05) is 5.32 Å². The van der Waals surface area contributed by atoms with Gasteiger partial charge in [-0.25, -0.2) is 13.6 Å². The molecule has 3 N–H and O–H groups in total. The van der Waals surface area contributed by atoms with Crippen LogP contribution >= 0.6 is 0 Å². The summed E-state index contributed by atoms with van der Waals surface area (Å²) in [5, 5.41) is 8.00. The molecule has 0 aliphatic heterocycles. The van der Waals surface area contributed by atoms with Crippen LogP contribution in [-0.4, -0.2) is 14.3 Å². The number of benzene rings is 1. The van der Waals surface area contributed by atoms with Gasteiger partial charge in [0.2, 0.25) is 15.9 Å². The Balaban J connectivity index is 2.07. The number of aryl methyl sites for hydroxylation is 1. The van der Waals surface area contributed by atoms with Crippen LogP contribution < -0.4 is 10.5 Å². The number of nitrogens with two attached hydrogens (primary N) is 1. The summed E-state index contributed by atoms with van der Waals surface area (Å²) < 4.78 is 23.0. The van der Waals surface area contributed by atoms with Crippen molar-refractivity contribution < 1.29 is 13.2 Å². The van der Waals surface area contributed by atoms with Gasteiger partial charge in [-0.2, -0.15) is 0 Å². The van der Waals surface area contributed by atoms with Gasteiger partial charge in [-0.05, 0) is 49.4 Å². The third-order valence-corrected chi connectivity index (χ3v) is 5.39. The van der Waals surface area contributed by atoms with E-state index in [-0.39, 0.29) is 10.8 Å². The second-order valence-corrected chi connectivity index (χ2v) is 7.76. The van der Waals surface area contributed by atoms with E-state index < -0.39 is 10.0 Å². The summed E-state index contributed by atoms with van der Waals surface area (Å²) in [6.07, 6.45) is 6.34. The van der Waals surface area contributed by atoms with Crippen LogP contribution in [0.1, 0.15) is 49.7 Å². The molecule has 1 aromatic rings. The lowest BCUT2D eigenvalue weighted by atomic mass is 10.0. The van der Waals surface area contributed by atoms with Gasteiger partial charge in [0.05, 0.1) is 4.90 Å². The molecule has 1 aromatic carbocycles. The number of anilines is 1. The van der Waals surface area contributed by atoms with Crippen molar-refractivity contribution in [2.24, 2.45) is 11.1 Å². The summed E-state index contributed by atoms with van der Waals surface area (Å²) in [6, 6.07) is 2.96. The minimum absolute atomic E-state index is 0.0293. The second-order valence-electron chi connectivity index (χ2n) is 6.20. The number of nitrogens with one attached hydrogen (secondary N) is 1. The quantitative estimate of drug-likeness (QED) is 0.872. The summed E-state index contributed by atoms with van der Waals surface area (Å²) in [6.45, 7) is 3.66. The third kappa shape index (κ3) is 4.30. The molecule has 0 aromatic heterocycles. The van der Waals surface area contributed by atoms with E-state index in [1.54, 1.807) is 6.92 Å². The fraction of sp³-hybridized carbons (Fsp3) is 0.562. The zero-order valence-electron chi connectivity index (χ0n) is 13.2. The number of primary sulfonamides is 1. The highest BCUT2D eigenvalue weighted by atomic mass is 32.2. The molecule has 0 saturated heterocycles. The maximum absolute atomic E-state index is 12.1. The Morgan fingerprint density at radius 2 is 1.91 bits per heavy atom. The average Bonchev–Trinajstić information content (AvgIpc) is 2.93. The first-order valence-corrected chi connectivity index (χ1v) is 9.26. The molecular formula is C16H24N2O3S. The minimum Gasteiger partial charge on any atom is -0.326 e. The van der Waals surface area contributed by atoms with Crippen LogP contribution in [0.2, 0.25) is 0 Å². The van der Waals surface area contributed by atoms with Gasteiger partial charge in [-0.15, -0.1) is 0 Å². The van der Waals surface area contributed by atoms with Crippen molar-refractivity contribution in [3.63, 3.8) is 0 Å². The molecule has 0 bridgehead atoms. The fourth-order valence-electron chi connectivity index (χ4n) is 2.97. The lowest BCUT2D eigenvalue weighted by molar-refractivity contribution is -0.116.